The van der Waals surface area contributed by atoms with E-state index in [2.05, 4.69) is 44.8 Å². The van der Waals surface area contributed by atoms with Crippen LogP contribution in [0.2, 0.25) is 0 Å². The molecule has 1 aromatic heterocycles. The first kappa shape index (κ1) is 18.3. The molecule has 0 radical (unpaired) electrons. The molecule has 116 valence electrons. The molecule has 2 heterocycles. The van der Waals surface area contributed by atoms with E-state index in [9.17, 15) is 0 Å². The van der Waals surface area contributed by atoms with Crippen LogP contribution in [-0.4, -0.2) is 43.6 Å². The van der Waals surface area contributed by atoms with Crippen LogP contribution in [0.4, 0.5) is 0 Å². The zero-order valence-electron chi connectivity index (χ0n) is 12.6. The van der Waals surface area contributed by atoms with Gasteiger partial charge in [-0.05, 0) is 30.4 Å². The van der Waals surface area contributed by atoms with E-state index in [0.29, 0.717) is 12.6 Å². The lowest BCUT2D eigenvalue weighted by atomic mass is 10.1. The average Bonchev–Trinajstić information content (AvgIpc) is 2.94. The van der Waals surface area contributed by atoms with Crippen molar-refractivity contribution in [2.45, 2.75) is 25.9 Å². The van der Waals surface area contributed by atoms with Crippen molar-refractivity contribution in [3.63, 3.8) is 0 Å². The molecule has 0 spiro atoms. The van der Waals surface area contributed by atoms with Gasteiger partial charge in [0.05, 0.1) is 6.54 Å². The molecule has 1 atom stereocenters. The number of halogens is 1. The van der Waals surface area contributed by atoms with Crippen LogP contribution in [-0.2, 0) is 13.0 Å². The number of thiophene rings is 1. The maximum atomic E-state index is 5.24. The third-order valence-corrected chi connectivity index (χ3v) is 4.63. The molecule has 1 unspecified atom stereocenters. The number of terminal acetylenes is 1. The fourth-order valence-corrected chi connectivity index (χ4v) is 3.27. The Morgan fingerprint density at radius 2 is 2.38 bits per heavy atom. The Bertz CT molecular complexity index is 506. The SMILES string of the molecule is C#CCNC(=NC)NCC(C)N1CCc2sccc2C1.I. The van der Waals surface area contributed by atoms with E-state index in [-0.39, 0.29) is 24.0 Å². The second-order valence-electron chi connectivity index (χ2n) is 4.95. The number of nitrogens with one attached hydrogen (secondary N) is 2. The lowest BCUT2D eigenvalue weighted by Crippen LogP contribution is -2.47. The van der Waals surface area contributed by atoms with E-state index in [1.54, 1.807) is 11.9 Å². The van der Waals surface area contributed by atoms with Crippen LogP contribution in [0.15, 0.2) is 16.4 Å². The summed E-state index contributed by atoms with van der Waals surface area (Å²) in [4.78, 5) is 8.21. The maximum Gasteiger partial charge on any atom is 0.191 e. The Morgan fingerprint density at radius 3 is 3.10 bits per heavy atom. The van der Waals surface area contributed by atoms with Crippen molar-refractivity contribution < 1.29 is 0 Å². The number of rotatable bonds is 4. The van der Waals surface area contributed by atoms with Gasteiger partial charge >= 0.3 is 0 Å². The molecule has 2 rings (SSSR count). The van der Waals surface area contributed by atoms with E-state index < -0.39 is 0 Å². The molecule has 4 nitrogen and oxygen atoms in total. The first-order valence-corrected chi connectivity index (χ1v) is 7.80. The third-order valence-electron chi connectivity index (χ3n) is 3.61. The summed E-state index contributed by atoms with van der Waals surface area (Å²) in [5.41, 5.74) is 1.49. The number of nitrogens with zero attached hydrogens (tertiary/aromatic N) is 2. The molecule has 0 saturated carbocycles. The van der Waals surface area contributed by atoms with Crippen molar-refractivity contribution in [1.29, 1.82) is 0 Å². The number of hydrogen-bond acceptors (Lipinski definition) is 3. The van der Waals surface area contributed by atoms with Crippen LogP contribution in [0.3, 0.4) is 0 Å². The first-order chi connectivity index (χ1) is 9.74. The van der Waals surface area contributed by atoms with Crippen LogP contribution in [0.25, 0.3) is 0 Å². The molecule has 1 aromatic rings. The minimum absolute atomic E-state index is 0. The van der Waals surface area contributed by atoms with E-state index in [1.165, 1.54) is 12.0 Å². The number of guanidine groups is 1. The molecule has 0 fully saturated rings. The number of fused-ring (bicyclic) bond motifs is 1. The zero-order valence-corrected chi connectivity index (χ0v) is 15.7. The molecule has 1 aliphatic heterocycles. The highest BCUT2D eigenvalue weighted by atomic mass is 127. The van der Waals surface area contributed by atoms with E-state index in [4.69, 9.17) is 6.42 Å². The highest BCUT2D eigenvalue weighted by Crippen LogP contribution is 2.24. The van der Waals surface area contributed by atoms with Crippen molar-refractivity contribution in [2.24, 2.45) is 4.99 Å². The molecule has 1 aliphatic rings. The van der Waals surface area contributed by atoms with Gasteiger partial charge < -0.3 is 10.6 Å². The van der Waals surface area contributed by atoms with Gasteiger partial charge in [-0.25, -0.2) is 0 Å². The lowest BCUT2D eigenvalue weighted by Gasteiger charge is -2.32. The molecule has 0 aliphatic carbocycles. The van der Waals surface area contributed by atoms with Crippen molar-refractivity contribution in [1.82, 2.24) is 15.5 Å². The summed E-state index contributed by atoms with van der Waals surface area (Å²) in [7, 11) is 1.76. The van der Waals surface area contributed by atoms with Gasteiger partial charge in [-0.2, -0.15) is 0 Å². The van der Waals surface area contributed by atoms with Gasteiger partial charge in [0.2, 0.25) is 0 Å². The predicted octanol–water partition coefficient (Wildman–Crippen LogP) is 1.91. The van der Waals surface area contributed by atoms with Crippen LogP contribution in [0.1, 0.15) is 17.4 Å². The third kappa shape index (κ3) is 5.16. The van der Waals surface area contributed by atoms with Crippen LogP contribution in [0.5, 0.6) is 0 Å². The molecular weight excluding hydrogens is 395 g/mol. The minimum Gasteiger partial charge on any atom is -0.355 e. The smallest absolute Gasteiger partial charge is 0.191 e. The highest BCUT2D eigenvalue weighted by molar-refractivity contribution is 14.0. The van der Waals surface area contributed by atoms with Gasteiger partial charge in [0.15, 0.2) is 5.96 Å². The molecule has 0 amide bonds. The molecule has 0 aromatic carbocycles. The summed E-state index contributed by atoms with van der Waals surface area (Å²) in [5, 5.41) is 8.60. The Morgan fingerprint density at radius 1 is 1.57 bits per heavy atom. The fraction of sp³-hybridized carbons (Fsp3) is 0.533. The topological polar surface area (TPSA) is 39.7 Å². The van der Waals surface area contributed by atoms with E-state index in [1.807, 2.05) is 11.3 Å². The molecule has 6 heteroatoms. The predicted molar refractivity (Wildman–Crippen MR) is 102 cm³/mol. The summed E-state index contributed by atoms with van der Waals surface area (Å²) >= 11 is 1.88. The largest absolute Gasteiger partial charge is 0.355 e. The van der Waals surface area contributed by atoms with Crippen molar-refractivity contribution in [3.05, 3.63) is 21.9 Å². The Balaban J connectivity index is 0.00000220. The van der Waals surface area contributed by atoms with Gasteiger partial charge in [-0.3, -0.25) is 9.89 Å². The fourth-order valence-electron chi connectivity index (χ4n) is 2.38. The molecule has 21 heavy (non-hydrogen) atoms. The quantitative estimate of drug-likeness (QED) is 0.340. The minimum atomic E-state index is 0. The van der Waals surface area contributed by atoms with Gasteiger partial charge in [-0.1, -0.05) is 5.92 Å². The lowest BCUT2D eigenvalue weighted by molar-refractivity contribution is 0.192. The van der Waals surface area contributed by atoms with Crippen LogP contribution >= 0.6 is 35.3 Å². The molecule has 0 saturated heterocycles. The van der Waals surface area contributed by atoms with Gasteiger partial charge in [0.1, 0.15) is 0 Å². The second kappa shape index (κ2) is 9.28. The summed E-state index contributed by atoms with van der Waals surface area (Å²) in [6.45, 7) is 5.80. The maximum absolute atomic E-state index is 5.24. The number of aliphatic imine (C=N–C) groups is 1. The standard InChI is InChI=1S/C15H22N4S.HI/c1-4-7-17-15(16-3)18-10-12(2)19-8-5-14-13(11-19)6-9-20-14;/h1,6,9,12H,5,7-8,10-11H2,2-3H3,(H2,16,17,18);1H. The Kier molecular flexibility index (Phi) is 8.07. The van der Waals surface area contributed by atoms with Crippen LogP contribution in [0, 0.1) is 12.3 Å². The second-order valence-corrected chi connectivity index (χ2v) is 5.95. The average molecular weight is 418 g/mol. The Labute approximate surface area is 148 Å². The van der Waals surface area contributed by atoms with Crippen LogP contribution < -0.4 is 10.6 Å². The molecular formula is C15H23IN4S. The monoisotopic (exact) mass is 418 g/mol. The van der Waals surface area contributed by atoms with E-state index in [0.717, 1.165) is 25.6 Å². The molecule has 0 bridgehead atoms. The number of hydrogen-bond donors (Lipinski definition) is 2. The summed E-state index contributed by atoms with van der Waals surface area (Å²) in [6.07, 6.45) is 6.40. The summed E-state index contributed by atoms with van der Waals surface area (Å²) in [6, 6.07) is 2.71. The van der Waals surface area contributed by atoms with E-state index >= 15 is 0 Å². The normalized spacial score (nSPS) is 16.3. The first-order valence-electron chi connectivity index (χ1n) is 6.92. The zero-order chi connectivity index (χ0) is 14.4. The van der Waals surface area contributed by atoms with Gasteiger partial charge in [0, 0.05) is 37.6 Å². The van der Waals surface area contributed by atoms with Gasteiger partial charge in [0.25, 0.3) is 0 Å². The Hall–Kier alpha value is -0.780. The summed E-state index contributed by atoms with van der Waals surface area (Å²) < 4.78 is 0. The van der Waals surface area contributed by atoms with Gasteiger partial charge in [-0.15, -0.1) is 41.7 Å². The highest BCUT2D eigenvalue weighted by Gasteiger charge is 2.21. The van der Waals surface area contributed by atoms with Crippen molar-refractivity contribution in [3.8, 4) is 12.3 Å². The summed E-state index contributed by atoms with van der Waals surface area (Å²) in [5.74, 6) is 3.32. The van der Waals surface area contributed by atoms with Crippen molar-refractivity contribution >= 4 is 41.3 Å². The van der Waals surface area contributed by atoms with Crippen molar-refractivity contribution in [2.75, 3.05) is 26.7 Å². The molecule has 2 N–H and O–H groups in total.